The van der Waals surface area contributed by atoms with Gasteiger partial charge in [-0.3, -0.25) is 4.79 Å². The maximum atomic E-state index is 13.5. The highest BCUT2D eigenvalue weighted by atomic mass is 19.1. The number of ether oxygens (including phenoxy) is 1. The van der Waals surface area contributed by atoms with Crippen molar-refractivity contribution in [2.24, 2.45) is 0 Å². The van der Waals surface area contributed by atoms with E-state index in [4.69, 9.17) is 10.5 Å². The number of hydrogen-bond acceptors (Lipinski definition) is 4. The first-order valence-corrected chi connectivity index (χ1v) is 5.91. The fourth-order valence-corrected chi connectivity index (χ4v) is 1.91. The molecule has 19 heavy (non-hydrogen) atoms. The van der Waals surface area contributed by atoms with Crippen molar-refractivity contribution < 1.29 is 18.7 Å². The number of nitrogens with zero attached hydrogens (tertiary/aromatic N) is 1. The third kappa shape index (κ3) is 2.52. The van der Waals surface area contributed by atoms with Crippen molar-refractivity contribution in [1.29, 1.82) is 0 Å². The minimum absolute atomic E-state index is 0.0166. The number of hydrogen-bond donors (Lipinski definition) is 1. The molecule has 102 valence electrons. The molecule has 1 atom stereocenters. The van der Waals surface area contributed by atoms with Crippen LogP contribution in [0, 0.1) is 12.7 Å². The van der Waals surface area contributed by atoms with Crippen LogP contribution in [0.4, 0.5) is 10.1 Å². The van der Waals surface area contributed by atoms with Crippen LogP contribution in [-0.2, 0) is 9.53 Å². The molecule has 1 amide bonds. The average Bonchev–Trinajstić information content (AvgIpc) is 2.67. The Morgan fingerprint density at radius 3 is 2.74 bits per heavy atom. The third-order valence-electron chi connectivity index (χ3n) is 3.25. The Bertz CT molecular complexity index is 522. The minimum Gasteiger partial charge on any atom is -0.449 e. The van der Waals surface area contributed by atoms with Gasteiger partial charge < -0.3 is 15.4 Å². The van der Waals surface area contributed by atoms with Gasteiger partial charge in [0.05, 0.1) is 5.56 Å². The highest BCUT2D eigenvalue weighted by Gasteiger charge is 2.32. The maximum absolute atomic E-state index is 13.5. The summed E-state index contributed by atoms with van der Waals surface area (Å²) in [4.78, 5) is 25.0. The maximum Gasteiger partial charge on any atom is 0.339 e. The summed E-state index contributed by atoms with van der Waals surface area (Å²) in [5.41, 5.74) is 6.08. The van der Waals surface area contributed by atoms with Crippen molar-refractivity contribution in [2.75, 3.05) is 19.3 Å². The van der Waals surface area contributed by atoms with Crippen LogP contribution in [0.15, 0.2) is 12.1 Å². The van der Waals surface area contributed by atoms with E-state index in [0.717, 1.165) is 6.07 Å². The summed E-state index contributed by atoms with van der Waals surface area (Å²) in [6.45, 7) is 2.07. The van der Waals surface area contributed by atoms with Gasteiger partial charge in [-0.15, -0.1) is 0 Å². The monoisotopic (exact) mass is 266 g/mol. The second kappa shape index (κ2) is 4.87. The standard InChI is InChI=1S/C13H15FN2O3/c1-7-9(14)5-8(6-10(7)15)13(18)19-11-3-4-16(2)12(11)17/h5-6,11H,3-4,15H2,1-2H3. The van der Waals surface area contributed by atoms with E-state index in [1.807, 2.05) is 0 Å². The zero-order valence-corrected chi connectivity index (χ0v) is 10.8. The highest BCUT2D eigenvalue weighted by molar-refractivity contribution is 5.93. The van der Waals surface area contributed by atoms with Gasteiger partial charge in [-0.05, 0) is 19.1 Å². The minimum atomic E-state index is -0.789. The van der Waals surface area contributed by atoms with Crippen LogP contribution in [0.25, 0.3) is 0 Å². The number of anilines is 1. The predicted molar refractivity (Wildman–Crippen MR) is 67.0 cm³/mol. The number of carbonyl (C=O) groups excluding carboxylic acids is 2. The van der Waals surface area contributed by atoms with Crippen molar-refractivity contribution in [3.63, 3.8) is 0 Å². The molecule has 1 aliphatic rings. The summed E-state index contributed by atoms with van der Waals surface area (Å²) >= 11 is 0. The van der Waals surface area contributed by atoms with Crippen molar-refractivity contribution in [3.8, 4) is 0 Å². The van der Waals surface area contributed by atoms with Crippen LogP contribution in [0.5, 0.6) is 0 Å². The molecule has 1 heterocycles. The lowest BCUT2D eigenvalue weighted by atomic mass is 10.1. The van der Waals surface area contributed by atoms with Gasteiger partial charge in [0.1, 0.15) is 5.82 Å². The number of likely N-dealkylation sites (N-methyl/N-ethyl adjacent to an activating group) is 1. The molecular weight excluding hydrogens is 251 g/mol. The van der Waals surface area contributed by atoms with E-state index in [1.54, 1.807) is 7.05 Å². The number of halogens is 1. The Morgan fingerprint density at radius 2 is 2.21 bits per heavy atom. The topological polar surface area (TPSA) is 72.6 Å². The molecule has 1 aromatic carbocycles. The molecule has 1 fully saturated rings. The number of nitrogens with two attached hydrogens (primary N) is 1. The molecule has 1 saturated heterocycles. The Kier molecular flexibility index (Phi) is 3.42. The number of rotatable bonds is 2. The summed E-state index contributed by atoms with van der Waals surface area (Å²) in [6.07, 6.45) is -0.340. The lowest BCUT2D eigenvalue weighted by Gasteiger charge is -2.12. The summed E-state index contributed by atoms with van der Waals surface area (Å²) in [7, 11) is 1.64. The normalized spacial score (nSPS) is 18.8. The van der Waals surface area contributed by atoms with E-state index < -0.39 is 17.9 Å². The molecule has 0 spiro atoms. The number of carbonyl (C=O) groups is 2. The smallest absolute Gasteiger partial charge is 0.339 e. The first-order chi connectivity index (χ1) is 8.90. The molecule has 2 rings (SSSR count). The molecule has 0 aromatic heterocycles. The molecule has 1 aromatic rings. The number of nitrogen functional groups attached to an aromatic ring is 1. The summed E-state index contributed by atoms with van der Waals surface area (Å²) < 4.78 is 18.6. The zero-order chi connectivity index (χ0) is 14.2. The molecule has 0 bridgehead atoms. The average molecular weight is 266 g/mol. The van der Waals surface area contributed by atoms with E-state index >= 15 is 0 Å². The van der Waals surface area contributed by atoms with Gasteiger partial charge >= 0.3 is 5.97 Å². The summed E-state index contributed by atoms with van der Waals surface area (Å²) in [6, 6.07) is 2.42. The van der Waals surface area contributed by atoms with Crippen molar-refractivity contribution in [1.82, 2.24) is 4.90 Å². The molecule has 1 unspecified atom stereocenters. The second-order valence-electron chi connectivity index (χ2n) is 4.61. The molecule has 1 aliphatic heterocycles. The van der Waals surface area contributed by atoms with Crippen LogP contribution >= 0.6 is 0 Å². The lowest BCUT2D eigenvalue weighted by Crippen LogP contribution is -2.29. The van der Waals surface area contributed by atoms with Crippen LogP contribution < -0.4 is 5.73 Å². The van der Waals surface area contributed by atoms with Gasteiger partial charge in [0.25, 0.3) is 5.91 Å². The summed E-state index contributed by atoms with van der Waals surface area (Å²) in [5.74, 6) is -1.55. The fraction of sp³-hybridized carbons (Fsp3) is 0.385. The molecule has 0 aliphatic carbocycles. The fourth-order valence-electron chi connectivity index (χ4n) is 1.91. The van der Waals surface area contributed by atoms with Crippen LogP contribution in [-0.4, -0.2) is 36.5 Å². The van der Waals surface area contributed by atoms with E-state index in [1.165, 1.54) is 17.9 Å². The number of likely N-dealkylation sites (tertiary alicyclic amines) is 1. The SMILES string of the molecule is Cc1c(N)cc(C(=O)OC2CCN(C)C2=O)cc1F. The summed E-state index contributed by atoms with van der Waals surface area (Å²) in [5, 5.41) is 0. The van der Waals surface area contributed by atoms with Gasteiger partial charge in [-0.25, -0.2) is 9.18 Å². The lowest BCUT2D eigenvalue weighted by molar-refractivity contribution is -0.133. The van der Waals surface area contributed by atoms with Gasteiger partial charge in [-0.2, -0.15) is 0 Å². The van der Waals surface area contributed by atoms with Gasteiger partial charge in [0.15, 0.2) is 6.10 Å². The first kappa shape index (κ1) is 13.3. The van der Waals surface area contributed by atoms with E-state index in [0.29, 0.717) is 13.0 Å². The van der Waals surface area contributed by atoms with Crippen LogP contribution in [0.2, 0.25) is 0 Å². The zero-order valence-electron chi connectivity index (χ0n) is 10.8. The molecule has 6 heteroatoms. The largest absolute Gasteiger partial charge is 0.449 e. The third-order valence-corrected chi connectivity index (χ3v) is 3.25. The predicted octanol–water partition coefficient (Wildman–Crippen LogP) is 1.10. The number of esters is 1. The van der Waals surface area contributed by atoms with Crippen molar-refractivity contribution in [3.05, 3.63) is 29.1 Å². The Morgan fingerprint density at radius 1 is 1.53 bits per heavy atom. The van der Waals surface area contributed by atoms with Crippen molar-refractivity contribution >= 4 is 17.6 Å². The van der Waals surface area contributed by atoms with Crippen molar-refractivity contribution in [2.45, 2.75) is 19.4 Å². The van der Waals surface area contributed by atoms with Gasteiger partial charge in [0.2, 0.25) is 0 Å². The van der Waals surface area contributed by atoms with Crippen LogP contribution in [0.3, 0.4) is 0 Å². The number of amides is 1. The highest BCUT2D eigenvalue weighted by Crippen LogP contribution is 2.20. The first-order valence-electron chi connectivity index (χ1n) is 5.91. The second-order valence-corrected chi connectivity index (χ2v) is 4.61. The quantitative estimate of drug-likeness (QED) is 0.642. The van der Waals surface area contributed by atoms with E-state index in [-0.39, 0.29) is 22.7 Å². The molecule has 0 radical (unpaired) electrons. The Labute approximate surface area is 110 Å². The van der Waals surface area contributed by atoms with Crippen LogP contribution in [0.1, 0.15) is 22.3 Å². The van der Waals surface area contributed by atoms with Gasteiger partial charge in [0, 0.05) is 31.3 Å². The molecule has 5 nitrogen and oxygen atoms in total. The van der Waals surface area contributed by atoms with E-state index in [2.05, 4.69) is 0 Å². The molecular formula is C13H15FN2O3. The Balaban J connectivity index is 2.15. The van der Waals surface area contributed by atoms with E-state index in [9.17, 15) is 14.0 Å². The molecule has 0 saturated carbocycles. The number of benzene rings is 1. The van der Waals surface area contributed by atoms with Gasteiger partial charge in [-0.1, -0.05) is 0 Å². The molecule has 2 N–H and O–H groups in total. The Hall–Kier alpha value is -2.11.